The van der Waals surface area contributed by atoms with E-state index in [1.54, 1.807) is 0 Å². The van der Waals surface area contributed by atoms with Crippen molar-refractivity contribution >= 4 is 5.91 Å². The summed E-state index contributed by atoms with van der Waals surface area (Å²) in [5.41, 5.74) is 7.49. The van der Waals surface area contributed by atoms with Crippen molar-refractivity contribution in [3.05, 3.63) is 35.4 Å². The van der Waals surface area contributed by atoms with Crippen molar-refractivity contribution in [3.8, 4) is 0 Å². The number of benzene rings is 1. The van der Waals surface area contributed by atoms with E-state index in [1.807, 2.05) is 43.3 Å². The Kier molecular flexibility index (Phi) is 7.40. The summed E-state index contributed by atoms with van der Waals surface area (Å²) >= 11 is 0. The van der Waals surface area contributed by atoms with Gasteiger partial charge in [-0.3, -0.25) is 4.79 Å². The molecule has 1 amide bonds. The van der Waals surface area contributed by atoms with Gasteiger partial charge in [0.2, 0.25) is 0 Å². The molecule has 1 rings (SSSR count). The molecule has 0 unspecified atom stereocenters. The molecule has 4 nitrogen and oxygen atoms in total. The third-order valence-corrected chi connectivity index (χ3v) is 3.32. The highest BCUT2D eigenvalue weighted by atomic mass is 16.2. The van der Waals surface area contributed by atoms with Gasteiger partial charge in [0.1, 0.15) is 0 Å². The maximum atomic E-state index is 12.6. The predicted octanol–water partition coefficient (Wildman–Crippen LogP) is 1.85. The van der Waals surface area contributed by atoms with Crippen LogP contribution in [0.1, 0.15) is 29.8 Å². The van der Waals surface area contributed by atoms with Gasteiger partial charge in [-0.15, -0.1) is 0 Å². The number of carbonyl (C=O) groups is 1. The minimum Gasteiger partial charge on any atom is -0.337 e. The smallest absolute Gasteiger partial charge is 0.253 e. The fraction of sp³-hybridized carbons (Fsp3) is 0.588. The Balaban J connectivity index is 2.77. The van der Waals surface area contributed by atoms with Crippen LogP contribution in [-0.2, 0) is 6.42 Å². The molecule has 0 aliphatic rings. The molecule has 0 fully saturated rings. The minimum atomic E-state index is 0.116. The molecule has 0 saturated carbocycles. The average molecular weight is 291 g/mol. The van der Waals surface area contributed by atoms with Crippen LogP contribution in [0.4, 0.5) is 0 Å². The molecule has 0 heterocycles. The number of amides is 1. The minimum absolute atomic E-state index is 0.116. The molecule has 0 bridgehead atoms. The van der Waals surface area contributed by atoms with Crippen molar-refractivity contribution in [1.82, 2.24) is 9.80 Å². The zero-order chi connectivity index (χ0) is 15.8. The number of carbonyl (C=O) groups excluding carboxylic acids is 1. The molecule has 0 saturated heterocycles. The molecule has 2 N–H and O–H groups in total. The molecule has 0 aliphatic heterocycles. The van der Waals surface area contributed by atoms with Crippen LogP contribution in [0.15, 0.2) is 24.3 Å². The summed E-state index contributed by atoms with van der Waals surface area (Å²) in [6.07, 6.45) is 0.852. The Bertz CT molecular complexity index is 426. The van der Waals surface area contributed by atoms with E-state index in [9.17, 15) is 4.79 Å². The quantitative estimate of drug-likeness (QED) is 0.795. The van der Waals surface area contributed by atoms with E-state index in [4.69, 9.17) is 5.73 Å². The van der Waals surface area contributed by atoms with Crippen molar-refractivity contribution < 1.29 is 4.79 Å². The zero-order valence-electron chi connectivity index (χ0n) is 13.8. The van der Waals surface area contributed by atoms with Crippen molar-refractivity contribution in [3.63, 3.8) is 0 Å². The molecule has 0 radical (unpaired) electrons. The number of hydrogen-bond acceptors (Lipinski definition) is 3. The van der Waals surface area contributed by atoms with Gasteiger partial charge in [0.25, 0.3) is 5.91 Å². The third-order valence-electron chi connectivity index (χ3n) is 3.32. The SMILES string of the molecule is CC(C)CN(CCN(C)C)C(=O)c1ccc(CCN)cc1. The van der Waals surface area contributed by atoms with Crippen LogP contribution in [0.5, 0.6) is 0 Å². The number of hydrogen-bond donors (Lipinski definition) is 1. The molecular formula is C17H29N3O. The van der Waals surface area contributed by atoms with Crippen molar-refractivity contribution in [2.45, 2.75) is 20.3 Å². The highest BCUT2D eigenvalue weighted by Gasteiger charge is 2.16. The Morgan fingerprint density at radius 2 is 1.76 bits per heavy atom. The van der Waals surface area contributed by atoms with E-state index in [0.29, 0.717) is 12.5 Å². The fourth-order valence-electron chi connectivity index (χ4n) is 2.20. The second kappa shape index (κ2) is 8.80. The van der Waals surface area contributed by atoms with E-state index >= 15 is 0 Å². The van der Waals surface area contributed by atoms with Crippen LogP contribution < -0.4 is 5.73 Å². The van der Waals surface area contributed by atoms with Crippen LogP contribution in [-0.4, -0.2) is 56.0 Å². The van der Waals surface area contributed by atoms with Gasteiger partial charge in [0, 0.05) is 25.2 Å². The molecule has 1 aromatic carbocycles. The zero-order valence-corrected chi connectivity index (χ0v) is 13.8. The van der Waals surface area contributed by atoms with E-state index in [2.05, 4.69) is 18.7 Å². The topological polar surface area (TPSA) is 49.6 Å². The van der Waals surface area contributed by atoms with Crippen molar-refractivity contribution in [2.24, 2.45) is 11.7 Å². The molecule has 0 atom stereocenters. The molecule has 1 aromatic rings. The van der Waals surface area contributed by atoms with Gasteiger partial charge in [-0.25, -0.2) is 0 Å². The van der Waals surface area contributed by atoms with Crippen LogP contribution >= 0.6 is 0 Å². The number of nitrogens with zero attached hydrogens (tertiary/aromatic N) is 2. The predicted molar refractivity (Wildman–Crippen MR) is 88.5 cm³/mol. The summed E-state index contributed by atoms with van der Waals surface area (Å²) in [4.78, 5) is 16.7. The Morgan fingerprint density at radius 1 is 1.14 bits per heavy atom. The summed E-state index contributed by atoms with van der Waals surface area (Å²) in [6, 6.07) is 7.83. The van der Waals surface area contributed by atoms with Gasteiger partial charge < -0.3 is 15.5 Å². The van der Waals surface area contributed by atoms with Crippen molar-refractivity contribution in [2.75, 3.05) is 40.3 Å². The number of nitrogens with two attached hydrogens (primary N) is 1. The lowest BCUT2D eigenvalue weighted by Gasteiger charge is -2.26. The average Bonchev–Trinajstić information content (AvgIpc) is 2.43. The first-order valence-electron chi connectivity index (χ1n) is 7.67. The second-order valence-electron chi connectivity index (χ2n) is 6.18. The largest absolute Gasteiger partial charge is 0.337 e. The van der Waals surface area contributed by atoms with E-state index in [0.717, 1.165) is 31.6 Å². The molecule has 0 aliphatic carbocycles. The van der Waals surface area contributed by atoms with E-state index in [-0.39, 0.29) is 5.91 Å². The lowest BCUT2D eigenvalue weighted by Crippen LogP contribution is -2.39. The van der Waals surface area contributed by atoms with Crippen LogP contribution in [0.2, 0.25) is 0 Å². The van der Waals surface area contributed by atoms with E-state index < -0.39 is 0 Å². The standard InChI is InChI=1S/C17H29N3O/c1-14(2)13-20(12-11-19(3)4)17(21)16-7-5-15(6-8-16)9-10-18/h5-8,14H,9-13,18H2,1-4H3. The number of rotatable bonds is 8. The molecule has 0 aromatic heterocycles. The first-order valence-corrected chi connectivity index (χ1v) is 7.67. The number of likely N-dealkylation sites (N-methyl/N-ethyl adjacent to an activating group) is 1. The summed E-state index contributed by atoms with van der Waals surface area (Å²) in [7, 11) is 4.05. The molecule has 118 valence electrons. The first-order chi connectivity index (χ1) is 9.93. The normalized spacial score (nSPS) is 11.2. The van der Waals surface area contributed by atoms with Gasteiger partial charge in [-0.2, -0.15) is 0 Å². The van der Waals surface area contributed by atoms with Crippen LogP contribution in [0.3, 0.4) is 0 Å². The first kappa shape index (κ1) is 17.7. The van der Waals surface area contributed by atoms with Gasteiger partial charge in [0.15, 0.2) is 0 Å². The van der Waals surface area contributed by atoms with Gasteiger partial charge in [-0.1, -0.05) is 26.0 Å². The molecule has 0 spiro atoms. The fourth-order valence-corrected chi connectivity index (χ4v) is 2.20. The highest BCUT2D eigenvalue weighted by Crippen LogP contribution is 2.10. The van der Waals surface area contributed by atoms with E-state index in [1.165, 1.54) is 5.56 Å². The Morgan fingerprint density at radius 3 is 2.24 bits per heavy atom. The van der Waals surface area contributed by atoms with Crippen molar-refractivity contribution in [1.29, 1.82) is 0 Å². The maximum absolute atomic E-state index is 12.6. The van der Waals surface area contributed by atoms with Crippen LogP contribution in [0.25, 0.3) is 0 Å². The summed E-state index contributed by atoms with van der Waals surface area (Å²) in [5.74, 6) is 0.581. The highest BCUT2D eigenvalue weighted by molar-refractivity contribution is 5.94. The monoisotopic (exact) mass is 291 g/mol. The molecular weight excluding hydrogens is 262 g/mol. The lowest BCUT2D eigenvalue weighted by molar-refractivity contribution is 0.0724. The lowest BCUT2D eigenvalue weighted by atomic mass is 10.1. The maximum Gasteiger partial charge on any atom is 0.253 e. The van der Waals surface area contributed by atoms with Gasteiger partial charge >= 0.3 is 0 Å². The molecule has 4 heteroatoms. The summed E-state index contributed by atoms with van der Waals surface area (Å²) < 4.78 is 0. The summed E-state index contributed by atoms with van der Waals surface area (Å²) in [6.45, 7) is 7.34. The summed E-state index contributed by atoms with van der Waals surface area (Å²) in [5, 5.41) is 0. The van der Waals surface area contributed by atoms with Crippen LogP contribution in [0, 0.1) is 5.92 Å². The second-order valence-corrected chi connectivity index (χ2v) is 6.18. The Labute approximate surface area is 128 Å². The van der Waals surface area contributed by atoms with Gasteiger partial charge in [-0.05, 0) is 50.7 Å². The van der Waals surface area contributed by atoms with Gasteiger partial charge in [0.05, 0.1) is 0 Å². The third kappa shape index (κ3) is 6.27. The Hall–Kier alpha value is -1.39. The molecule has 21 heavy (non-hydrogen) atoms.